The lowest BCUT2D eigenvalue weighted by Crippen LogP contribution is -2.41. The molecule has 1 aliphatic rings. The first-order valence-electron chi connectivity index (χ1n) is 6.34. The molecule has 9 nitrogen and oxygen atoms in total. The minimum absolute atomic E-state index is 0.0544. The van der Waals surface area contributed by atoms with Gasteiger partial charge in [0, 0.05) is 25.2 Å². The summed E-state index contributed by atoms with van der Waals surface area (Å²) in [6.07, 6.45) is 3.08. The Morgan fingerprint density at radius 1 is 1.38 bits per heavy atom. The summed E-state index contributed by atoms with van der Waals surface area (Å²) in [4.78, 5) is 21.6. The van der Waals surface area contributed by atoms with Crippen molar-refractivity contribution in [1.29, 1.82) is 0 Å². The van der Waals surface area contributed by atoms with E-state index in [2.05, 4.69) is 5.10 Å². The number of carbonyl (C=O) groups excluding carboxylic acids is 1. The Bertz CT molecular complexity index is 645. The Morgan fingerprint density at radius 3 is 2.52 bits per heavy atom. The summed E-state index contributed by atoms with van der Waals surface area (Å²) in [5, 5.41) is 12.4. The van der Waals surface area contributed by atoms with E-state index in [0.717, 1.165) is 10.9 Å². The number of sulfonamides is 1. The first-order chi connectivity index (χ1) is 9.80. The number of amides is 1. The van der Waals surface area contributed by atoms with Crippen LogP contribution in [0.5, 0.6) is 0 Å². The predicted molar refractivity (Wildman–Crippen MR) is 70.5 cm³/mol. The summed E-state index contributed by atoms with van der Waals surface area (Å²) < 4.78 is 27.0. The van der Waals surface area contributed by atoms with Crippen LogP contribution in [-0.2, 0) is 26.2 Å². The molecule has 1 aromatic rings. The highest BCUT2D eigenvalue weighted by molar-refractivity contribution is 7.89. The number of nitrogens with two attached hydrogens (primary N) is 1. The van der Waals surface area contributed by atoms with E-state index in [1.165, 1.54) is 10.5 Å². The molecule has 116 valence electrons. The third-order valence-electron chi connectivity index (χ3n) is 3.40. The molecule has 0 unspecified atom stereocenters. The minimum Gasteiger partial charge on any atom is -0.480 e. The molecule has 10 heteroatoms. The molecule has 0 aliphatic carbocycles. The summed E-state index contributed by atoms with van der Waals surface area (Å²) in [7, 11) is -3.72. The minimum atomic E-state index is -3.72. The van der Waals surface area contributed by atoms with Gasteiger partial charge in [0.05, 0.1) is 6.20 Å². The first kappa shape index (κ1) is 15.4. The Kier molecular flexibility index (Phi) is 4.28. The smallest absolute Gasteiger partial charge is 0.325 e. The van der Waals surface area contributed by atoms with Crippen molar-refractivity contribution in [3.63, 3.8) is 0 Å². The molecule has 2 rings (SSSR count). The van der Waals surface area contributed by atoms with Gasteiger partial charge in [-0.15, -0.1) is 0 Å². The molecule has 3 N–H and O–H groups in total. The third-order valence-corrected chi connectivity index (χ3v) is 5.25. The van der Waals surface area contributed by atoms with E-state index in [1.54, 1.807) is 0 Å². The highest BCUT2D eigenvalue weighted by atomic mass is 32.2. The molecule has 0 saturated carbocycles. The normalized spacial score (nSPS) is 17.7. The van der Waals surface area contributed by atoms with E-state index in [1.807, 2.05) is 0 Å². The summed E-state index contributed by atoms with van der Waals surface area (Å²) in [5.41, 5.74) is 5.21. The van der Waals surface area contributed by atoms with Crippen LogP contribution in [0.1, 0.15) is 12.8 Å². The lowest BCUT2D eigenvalue weighted by atomic mass is 9.98. The second kappa shape index (κ2) is 5.82. The molecule has 0 radical (unpaired) electrons. The largest absolute Gasteiger partial charge is 0.480 e. The summed E-state index contributed by atoms with van der Waals surface area (Å²) >= 11 is 0. The number of hydrogen-bond donors (Lipinski definition) is 2. The van der Waals surface area contributed by atoms with E-state index in [0.29, 0.717) is 12.8 Å². The van der Waals surface area contributed by atoms with Crippen LogP contribution >= 0.6 is 0 Å². The molecule has 1 fully saturated rings. The molecule has 1 saturated heterocycles. The van der Waals surface area contributed by atoms with Crippen molar-refractivity contribution in [2.45, 2.75) is 24.3 Å². The lowest BCUT2D eigenvalue weighted by molar-refractivity contribution is -0.137. The van der Waals surface area contributed by atoms with Gasteiger partial charge in [-0.3, -0.25) is 14.3 Å². The molecule has 0 atom stereocenters. The van der Waals surface area contributed by atoms with Gasteiger partial charge in [-0.05, 0) is 12.8 Å². The summed E-state index contributed by atoms with van der Waals surface area (Å²) in [6, 6.07) is 0. The maximum absolute atomic E-state index is 12.4. The quantitative estimate of drug-likeness (QED) is 0.704. The van der Waals surface area contributed by atoms with Gasteiger partial charge < -0.3 is 10.8 Å². The van der Waals surface area contributed by atoms with Crippen molar-refractivity contribution < 1.29 is 23.1 Å². The molecular weight excluding hydrogens is 300 g/mol. The SMILES string of the molecule is NC(=O)C1CCN(S(=O)(=O)c2cnn(CC(=O)O)c2)CC1. The standard InChI is InChI=1S/C11H16N4O5S/c12-11(18)8-1-3-15(4-2-8)21(19,20)9-5-13-14(6-9)7-10(16)17/h5-6,8H,1-4,7H2,(H2,12,18)(H,16,17). The number of piperidine rings is 1. The summed E-state index contributed by atoms with van der Waals surface area (Å²) in [5.74, 6) is -1.82. The zero-order valence-electron chi connectivity index (χ0n) is 11.2. The van der Waals surface area contributed by atoms with E-state index in [9.17, 15) is 18.0 Å². The maximum atomic E-state index is 12.4. The Balaban J connectivity index is 2.10. The van der Waals surface area contributed by atoms with Crippen LogP contribution in [0.15, 0.2) is 17.3 Å². The number of primary amides is 1. The average Bonchev–Trinajstić information content (AvgIpc) is 2.87. The van der Waals surface area contributed by atoms with Gasteiger partial charge in [0.25, 0.3) is 0 Å². The fourth-order valence-corrected chi connectivity index (χ4v) is 3.66. The van der Waals surface area contributed by atoms with Gasteiger partial charge in [-0.2, -0.15) is 9.40 Å². The van der Waals surface area contributed by atoms with Gasteiger partial charge in [-0.25, -0.2) is 8.42 Å². The monoisotopic (exact) mass is 316 g/mol. The highest BCUT2D eigenvalue weighted by Crippen LogP contribution is 2.23. The number of aromatic nitrogens is 2. The number of aliphatic carboxylic acids is 1. The van der Waals surface area contributed by atoms with Crippen molar-refractivity contribution in [3.05, 3.63) is 12.4 Å². The number of carboxylic acids is 1. The molecule has 21 heavy (non-hydrogen) atoms. The van der Waals surface area contributed by atoms with E-state index in [-0.39, 0.29) is 23.9 Å². The Hall–Kier alpha value is -1.94. The number of rotatable bonds is 5. The molecule has 0 spiro atoms. The van der Waals surface area contributed by atoms with Crippen LogP contribution in [0, 0.1) is 5.92 Å². The molecule has 2 heterocycles. The van der Waals surface area contributed by atoms with Crippen LogP contribution < -0.4 is 5.73 Å². The topological polar surface area (TPSA) is 136 Å². The Morgan fingerprint density at radius 2 is 2.00 bits per heavy atom. The molecule has 1 aliphatic heterocycles. The van der Waals surface area contributed by atoms with Crippen molar-refractivity contribution in [2.24, 2.45) is 11.7 Å². The van der Waals surface area contributed by atoms with Gasteiger partial charge in [0.15, 0.2) is 0 Å². The molecule has 0 bridgehead atoms. The van der Waals surface area contributed by atoms with Crippen LogP contribution in [0.4, 0.5) is 0 Å². The van der Waals surface area contributed by atoms with Gasteiger partial charge in [0.1, 0.15) is 11.4 Å². The zero-order chi connectivity index (χ0) is 15.6. The molecule has 1 amide bonds. The number of nitrogens with zero attached hydrogens (tertiary/aromatic N) is 3. The fraction of sp³-hybridized carbons (Fsp3) is 0.545. The zero-order valence-corrected chi connectivity index (χ0v) is 12.0. The lowest BCUT2D eigenvalue weighted by Gasteiger charge is -2.29. The maximum Gasteiger partial charge on any atom is 0.325 e. The van der Waals surface area contributed by atoms with Crippen LogP contribution in [0.3, 0.4) is 0 Å². The third kappa shape index (κ3) is 3.39. The van der Waals surface area contributed by atoms with Crippen LogP contribution in [0.25, 0.3) is 0 Å². The van der Waals surface area contributed by atoms with Gasteiger partial charge in [-0.1, -0.05) is 0 Å². The van der Waals surface area contributed by atoms with Crippen molar-refractivity contribution in [1.82, 2.24) is 14.1 Å². The molecular formula is C11H16N4O5S. The van der Waals surface area contributed by atoms with Crippen molar-refractivity contribution >= 4 is 21.9 Å². The highest BCUT2D eigenvalue weighted by Gasteiger charge is 2.32. The molecule has 0 aromatic carbocycles. The Labute approximate surface area is 121 Å². The second-order valence-electron chi connectivity index (χ2n) is 4.85. The van der Waals surface area contributed by atoms with Crippen LogP contribution in [-0.4, -0.2) is 52.6 Å². The molecule has 1 aromatic heterocycles. The average molecular weight is 316 g/mol. The number of hydrogen-bond acceptors (Lipinski definition) is 5. The fourth-order valence-electron chi connectivity index (χ4n) is 2.23. The van der Waals surface area contributed by atoms with Crippen LogP contribution in [0.2, 0.25) is 0 Å². The van der Waals surface area contributed by atoms with Crippen molar-refractivity contribution in [2.75, 3.05) is 13.1 Å². The van der Waals surface area contributed by atoms with E-state index in [4.69, 9.17) is 10.8 Å². The van der Waals surface area contributed by atoms with Crippen molar-refractivity contribution in [3.8, 4) is 0 Å². The first-order valence-corrected chi connectivity index (χ1v) is 7.78. The summed E-state index contributed by atoms with van der Waals surface area (Å²) in [6.45, 7) is 0.0133. The number of carboxylic acid groups (broad SMARTS) is 1. The predicted octanol–water partition coefficient (Wildman–Crippen LogP) is -1.15. The van der Waals surface area contributed by atoms with E-state index >= 15 is 0 Å². The number of carbonyl (C=O) groups is 2. The van der Waals surface area contributed by atoms with Gasteiger partial charge >= 0.3 is 5.97 Å². The van der Waals surface area contributed by atoms with E-state index < -0.39 is 28.4 Å². The second-order valence-corrected chi connectivity index (χ2v) is 6.79. The van der Waals surface area contributed by atoms with Gasteiger partial charge in [0.2, 0.25) is 15.9 Å².